The maximum Gasteiger partial charge on any atom is 0.293 e. The number of rotatable bonds is 3. The van der Waals surface area contributed by atoms with Crippen molar-refractivity contribution in [2.24, 2.45) is 5.92 Å². The number of halogens is 1. The zero-order chi connectivity index (χ0) is 20.4. The summed E-state index contributed by atoms with van der Waals surface area (Å²) in [5.74, 6) is 0.949. The second-order valence-corrected chi connectivity index (χ2v) is 8.26. The summed E-state index contributed by atoms with van der Waals surface area (Å²) in [6.45, 7) is 4.71. The Morgan fingerprint density at radius 2 is 1.62 bits per heavy atom. The first kappa shape index (κ1) is 19.9. The van der Waals surface area contributed by atoms with Crippen LogP contribution < -0.4 is 0 Å². The van der Waals surface area contributed by atoms with Gasteiger partial charge in [-0.05, 0) is 63.3 Å². The van der Waals surface area contributed by atoms with Crippen molar-refractivity contribution in [3.63, 3.8) is 0 Å². The van der Waals surface area contributed by atoms with Gasteiger partial charge in [-0.25, -0.2) is 9.67 Å². The van der Waals surface area contributed by atoms with Gasteiger partial charge >= 0.3 is 0 Å². The van der Waals surface area contributed by atoms with E-state index < -0.39 is 0 Å². The molecule has 1 aromatic carbocycles. The number of benzene rings is 1. The Kier molecular flexibility index (Phi) is 5.85. The van der Waals surface area contributed by atoms with Gasteiger partial charge in [0.25, 0.3) is 5.91 Å². The average Bonchev–Trinajstić information content (AvgIpc) is 3.15. The topological polar surface area (TPSA) is 71.3 Å². The maximum absolute atomic E-state index is 12.9. The van der Waals surface area contributed by atoms with Crippen LogP contribution in [0.3, 0.4) is 0 Å². The molecule has 2 aromatic rings. The Labute approximate surface area is 175 Å². The number of carbonyl (C=O) groups excluding carboxylic acids is 2. The molecule has 3 heterocycles. The third-order valence-corrected chi connectivity index (χ3v) is 6.08. The molecule has 8 heteroatoms. The quantitative estimate of drug-likeness (QED) is 0.772. The van der Waals surface area contributed by atoms with Crippen LogP contribution in [0, 0.1) is 12.8 Å². The number of amides is 2. The highest BCUT2D eigenvalue weighted by Crippen LogP contribution is 2.23. The molecular weight excluding hydrogens is 390 g/mol. The molecule has 2 amide bonds. The number of piperidine rings is 2. The smallest absolute Gasteiger partial charge is 0.293 e. The van der Waals surface area contributed by atoms with Crippen molar-refractivity contribution in [2.75, 3.05) is 26.2 Å². The molecule has 4 rings (SSSR count). The number of hydrogen-bond donors (Lipinski definition) is 0. The molecule has 2 saturated heterocycles. The lowest BCUT2D eigenvalue weighted by Crippen LogP contribution is -2.45. The summed E-state index contributed by atoms with van der Waals surface area (Å²) in [4.78, 5) is 33.7. The number of aromatic nitrogens is 3. The SMILES string of the molecule is Cc1nc(C(=O)N2CCC(C(=O)N3CCCCC3)CC2)nn1-c1ccc(Cl)cc1. The van der Waals surface area contributed by atoms with Crippen LogP contribution in [0.1, 0.15) is 48.5 Å². The molecule has 2 aliphatic heterocycles. The number of hydrogen-bond acceptors (Lipinski definition) is 4. The van der Waals surface area contributed by atoms with Gasteiger partial charge in [0.15, 0.2) is 0 Å². The Bertz CT molecular complexity index is 881. The lowest BCUT2D eigenvalue weighted by molar-refractivity contribution is -0.137. The first-order chi connectivity index (χ1) is 14.0. The van der Waals surface area contributed by atoms with Crippen LogP contribution in [0.15, 0.2) is 24.3 Å². The van der Waals surface area contributed by atoms with Crippen molar-refractivity contribution >= 4 is 23.4 Å². The monoisotopic (exact) mass is 415 g/mol. The van der Waals surface area contributed by atoms with Gasteiger partial charge in [0.1, 0.15) is 5.82 Å². The van der Waals surface area contributed by atoms with E-state index in [0.717, 1.165) is 31.6 Å². The van der Waals surface area contributed by atoms with E-state index in [4.69, 9.17) is 11.6 Å². The van der Waals surface area contributed by atoms with Gasteiger partial charge in [-0.1, -0.05) is 11.6 Å². The fourth-order valence-corrected chi connectivity index (χ4v) is 4.28. The predicted molar refractivity (Wildman–Crippen MR) is 110 cm³/mol. The maximum atomic E-state index is 12.9. The van der Waals surface area contributed by atoms with Crippen molar-refractivity contribution in [1.82, 2.24) is 24.6 Å². The van der Waals surface area contributed by atoms with Gasteiger partial charge in [0.05, 0.1) is 5.69 Å². The molecule has 0 aliphatic carbocycles. The molecule has 7 nitrogen and oxygen atoms in total. The minimum absolute atomic E-state index is 0.0264. The van der Waals surface area contributed by atoms with E-state index in [9.17, 15) is 9.59 Å². The molecule has 0 atom stereocenters. The largest absolute Gasteiger partial charge is 0.342 e. The Morgan fingerprint density at radius 3 is 2.28 bits per heavy atom. The van der Waals surface area contributed by atoms with E-state index in [1.807, 2.05) is 24.0 Å². The number of nitrogens with zero attached hydrogens (tertiary/aromatic N) is 5. The summed E-state index contributed by atoms with van der Waals surface area (Å²) in [7, 11) is 0. The number of aryl methyl sites for hydroxylation is 1. The number of likely N-dealkylation sites (tertiary alicyclic amines) is 2. The van der Waals surface area contributed by atoms with Gasteiger partial charge in [0, 0.05) is 37.1 Å². The van der Waals surface area contributed by atoms with Gasteiger partial charge in [-0.3, -0.25) is 9.59 Å². The fourth-order valence-electron chi connectivity index (χ4n) is 4.15. The third-order valence-electron chi connectivity index (χ3n) is 5.83. The summed E-state index contributed by atoms with van der Waals surface area (Å²) < 4.78 is 1.65. The summed E-state index contributed by atoms with van der Waals surface area (Å²) in [6.07, 6.45) is 4.83. The first-order valence-corrected chi connectivity index (χ1v) is 10.7. The van der Waals surface area contributed by atoms with Crippen LogP contribution in [-0.2, 0) is 4.79 Å². The molecule has 2 aliphatic rings. The van der Waals surface area contributed by atoms with E-state index in [2.05, 4.69) is 10.1 Å². The summed E-state index contributed by atoms with van der Waals surface area (Å²) in [5, 5.41) is 5.05. The molecule has 0 bridgehead atoms. The van der Waals surface area contributed by atoms with Crippen LogP contribution in [0.4, 0.5) is 0 Å². The van der Waals surface area contributed by atoms with Gasteiger partial charge in [-0.15, -0.1) is 5.10 Å². The van der Waals surface area contributed by atoms with Crippen LogP contribution >= 0.6 is 11.6 Å². The van der Waals surface area contributed by atoms with Crippen LogP contribution in [0.2, 0.25) is 5.02 Å². The fraction of sp³-hybridized carbons (Fsp3) is 0.524. The van der Waals surface area contributed by atoms with Crippen molar-refractivity contribution in [3.05, 3.63) is 40.9 Å². The van der Waals surface area contributed by atoms with E-state index in [0.29, 0.717) is 36.8 Å². The van der Waals surface area contributed by atoms with Crippen molar-refractivity contribution in [2.45, 2.75) is 39.0 Å². The highest BCUT2D eigenvalue weighted by Gasteiger charge is 2.32. The van der Waals surface area contributed by atoms with E-state index >= 15 is 0 Å². The molecule has 0 N–H and O–H groups in total. The van der Waals surface area contributed by atoms with Crippen LogP contribution in [-0.4, -0.2) is 62.6 Å². The first-order valence-electron chi connectivity index (χ1n) is 10.3. The van der Waals surface area contributed by atoms with Crippen molar-refractivity contribution in [1.29, 1.82) is 0 Å². The van der Waals surface area contributed by atoms with Crippen LogP contribution in [0.25, 0.3) is 5.69 Å². The highest BCUT2D eigenvalue weighted by atomic mass is 35.5. The Balaban J connectivity index is 1.39. The molecule has 0 saturated carbocycles. The van der Waals surface area contributed by atoms with Gasteiger partial charge < -0.3 is 9.80 Å². The summed E-state index contributed by atoms with van der Waals surface area (Å²) in [5.41, 5.74) is 0.810. The molecule has 0 unspecified atom stereocenters. The third kappa shape index (κ3) is 4.29. The molecule has 154 valence electrons. The molecule has 1 aromatic heterocycles. The molecule has 0 radical (unpaired) electrons. The molecule has 29 heavy (non-hydrogen) atoms. The Hall–Kier alpha value is -2.41. The predicted octanol–water partition coefficient (Wildman–Crippen LogP) is 3.09. The lowest BCUT2D eigenvalue weighted by atomic mass is 9.94. The van der Waals surface area contributed by atoms with Crippen LogP contribution in [0.5, 0.6) is 0 Å². The van der Waals surface area contributed by atoms with Gasteiger partial charge in [0.2, 0.25) is 11.7 Å². The lowest BCUT2D eigenvalue weighted by Gasteiger charge is -2.35. The zero-order valence-corrected chi connectivity index (χ0v) is 17.4. The minimum atomic E-state index is -0.176. The second kappa shape index (κ2) is 8.53. The summed E-state index contributed by atoms with van der Waals surface area (Å²) in [6, 6.07) is 7.25. The zero-order valence-electron chi connectivity index (χ0n) is 16.7. The van der Waals surface area contributed by atoms with Gasteiger partial charge in [-0.2, -0.15) is 0 Å². The second-order valence-electron chi connectivity index (χ2n) is 7.82. The molecule has 0 spiro atoms. The van der Waals surface area contributed by atoms with Crippen molar-refractivity contribution in [3.8, 4) is 5.69 Å². The van der Waals surface area contributed by atoms with E-state index in [1.165, 1.54) is 6.42 Å². The Morgan fingerprint density at radius 1 is 0.966 bits per heavy atom. The van der Waals surface area contributed by atoms with E-state index in [1.54, 1.807) is 21.7 Å². The van der Waals surface area contributed by atoms with E-state index in [-0.39, 0.29) is 23.6 Å². The minimum Gasteiger partial charge on any atom is -0.342 e. The summed E-state index contributed by atoms with van der Waals surface area (Å²) >= 11 is 5.95. The molecular formula is C21H26ClN5O2. The normalized spacial score (nSPS) is 18.1. The highest BCUT2D eigenvalue weighted by molar-refractivity contribution is 6.30. The average molecular weight is 416 g/mol. The number of carbonyl (C=O) groups is 2. The van der Waals surface area contributed by atoms with Crippen molar-refractivity contribution < 1.29 is 9.59 Å². The standard InChI is InChI=1S/C21H26ClN5O2/c1-15-23-19(24-27(15)18-7-5-17(22)6-8-18)21(29)26-13-9-16(10-14-26)20(28)25-11-3-2-4-12-25/h5-8,16H,2-4,9-14H2,1H3. The molecule has 2 fully saturated rings.